The van der Waals surface area contributed by atoms with Gasteiger partial charge in [0.1, 0.15) is 5.54 Å². The Morgan fingerprint density at radius 2 is 2.31 bits per heavy atom. The van der Waals surface area contributed by atoms with Crippen LogP contribution in [0.25, 0.3) is 0 Å². The van der Waals surface area contributed by atoms with Gasteiger partial charge in [0.25, 0.3) is 0 Å². The van der Waals surface area contributed by atoms with Gasteiger partial charge in [-0.3, -0.25) is 15.1 Å². The average molecular weight is 217 g/mol. The zero-order valence-corrected chi connectivity index (χ0v) is 9.07. The van der Waals surface area contributed by atoms with E-state index >= 15 is 0 Å². The molecule has 3 rings (SSSR count). The van der Waals surface area contributed by atoms with Gasteiger partial charge in [0, 0.05) is 12.7 Å². The first-order chi connectivity index (χ1) is 7.80. The number of amides is 1. The topological polar surface area (TPSA) is 54.0 Å². The molecule has 2 saturated heterocycles. The third-order valence-electron chi connectivity index (χ3n) is 3.63. The van der Waals surface area contributed by atoms with Crippen LogP contribution in [0.1, 0.15) is 31.0 Å². The van der Waals surface area contributed by atoms with E-state index in [1.54, 1.807) is 6.20 Å². The normalized spacial score (nSPS) is 33.2. The average Bonchev–Trinajstić information content (AvgIpc) is 2.90. The molecule has 2 aliphatic heterocycles. The molecule has 84 valence electrons. The van der Waals surface area contributed by atoms with E-state index in [-0.39, 0.29) is 17.5 Å². The molecular formula is C12H15N3O. The van der Waals surface area contributed by atoms with E-state index < -0.39 is 0 Å². The van der Waals surface area contributed by atoms with Gasteiger partial charge >= 0.3 is 0 Å². The van der Waals surface area contributed by atoms with Gasteiger partial charge in [0.05, 0.1) is 11.7 Å². The fourth-order valence-corrected chi connectivity index (χ4v) is 2.72. The van der Waals surface area contributed by atoms with Crippen LogP contribution in [0.2, 0.25) is 0 Å². The summed E-state index contributed by atoms with van der Waals surface area (Å²) in [5.41, 5.74) is 0.724. The van der Waals surface area contributed by atoms with E-state index in [2.05, 4.69) is 15.6 Å². The molecule has 0 radical (unpaired) electrons. The van der Waals surface area contributed by atoms with E-state index in [1.807, 2.05) is 18.2 Å². The van der Waals surface area contributed by atoms with Crippen molar-refractivity contribution in [1.29, 1.82) is 0 Å². The lowest BCUT2D eigenvalue weighted by Gasteiger charge is -2.21. The molecule has 3 heterocycles. The summed E-state index contributed by atoms with van der Waals surface area (Å²) in [6, 6.07) is 6.15. The summed E-state index contributed by atoms with van der Waals surface area (Å²) < 4.78 is 0. The summed E-state index contributed by atoms with van der Waals surface area (Å²) in [6.45, 7) is 0.792. The molecule has 2 unspecified atom stereocenters. The van der Waals surface area contributed by atoms with Gasteiger partial charge in [-0.15, -0.1) is 0 Å². The molecule has 0 saturated carbocycles. The molecule has 0 aromatic carbocycles. The van der Waals surface area contributed by atoms with E-state index in [0.717, 1.165) is 31.5 Å². The summed E-state index contributed by atoms with van der Waals surface area (Å²) in [4.78, 5) is 16.1. The second kappa shape index (κ2) is 3.56. The van der Waals surface area contributed by atoms with Crippen molar-refractivity contribution in [3.05, 3.63) is 30.1 Å². The number of nitrogens with zero attached hydrogens (tertiary/aromatic N) is 1. The molecule has 1 spiro atoms. The lowest BCUT2D eigenvalue weighted by molar-refractivity contribution is -0.124. The van der Waals surface area contributed by atoms with Gasteiger partial charge < -0.3 is 5.32 Å². The molecule has 16 heavy (non-hydrogen) atoms. The summed E-state index contributed by atoms with van der Waals surface area (Å²) >= 11 is 0. The maximum absolute atomic E-state index is 11.8. The van der Waals surface area contributed by atoms with Crippen LogP contribution in [-0.2, 0) is 4.79 Å². The Bertz CT molecular complexity index is 406. The molecule has 0 bridgehead atoms. The predicted octanol–water partition coefficient (Wildman–Crippen LogP) is 0.765. The van der Waals surface area contributed by atoms with Crippen molar-refractivity contribution in [2.75, 3.05) is 6.54 Å². The van der Waals surface area contributed by atoms with Crippen molar-refractivity contribution in [1.82, 2.24) is 15.6 Å². The molecule has 4 nitrogen and oxygen atoms in total. The number of carbonyl (C=O) groups excluding carboxylic acids is 1. The first-order valence-corrected chi connectivity index (χ1v) is 5.77. The highest BCUT2D eigenvalue weighted by Crippen LogP contribution is 2.36. The molecular weight excluding hydrogens is 202 g/mol. The Labute approximate surface area is 94.5 Å². The maximum atomic E-state index is 11.8. The molecule has 1 amide bonds. The second-order valence-electron chi connectivity index (χ2n) is 4.58. The number of hydrogen-bond donors (Lipinski definition) is 2. The summed E-state index contributed by atoms with van der Waals surface area (Å²) in [5, 5.41) is 6.36. The molecule has 2 atom stereocenters. The first kappa shape index (κ1) is 9.78. The molecule has 4 heteroatoms. The molecule has 2 fully saturated rings. The zero-order valence-electron chi connectivity index (χ0n) is 9.07. The number of carbonyl (C=O) groups is 1. The van der Waals surface area contributed by atoms with E-state index in [1.165, 1.54) is 0 Å². The van der Waals surface area contributed by atoms with Crippen LogP contribution in [0.5, 0.6) is 0 Å². The van der Waals surface area contributed by atoms with Gasteiger partial charge in [0.15, 0.2) is 0 Å². The highest BCUT2D eigenvalue weighted by molar-refractivity contribution is 5.88. The number of pyridine rings is 1. The lowest BCUT2D eigenvalue weighted by atomic mass is 9.96. The highest BCUT2D eigenvalue weighted by Gasteiger charge is 2.47. The fourth-order valence-electron chi connectivity index (χ4n) is 2.72. The van der Waals surface area contributed by atoms with Crippen LogP contribution in [0, 0.1) is 0 Å². The van der Waals surface area contributed by atoms with Crippen LogP contribution >= 0.6 is 0 Å². The van der Waals surface area contributed by atoms with Crippen molar-refractivity contribution < 1.29 is 4.79 Å². The largest absolute Gasteiger partial charge is 0.354 e. The molecule has 1 aromatic rings. The van der Waals surface area contributed by atoms with Gasteiger partial charge in [-0.05, 0) is 31.4 Å². The third-order valence-corrected chi connectivity index (χ3v) is 3.63. The van der Waals surface area contributed by atoms with Crippen molar-refractivity contribution in [2.45, 2.75) is 30.8 Å². The minimum absolute atomic E-state index is 0.158. The summed E-state index contributed by atoms with van der Waals surface area (Å²) in [6.07, 6.45) is 4.61. The van der Waals surface area contributed by atoms with E-state index in [0.29, 0.717) is 0 Å². The van der Waals surface area contributed by atoms with Gasteiger partial charge in [-0.25, -0.2) is 0 Å². The first-order valence-electron chi connectivity index (χ1n) is 5.77. The number of rotatable bonds is 1. The second-order valence-corrected chi connectivity index (χ2v) is 4.58. The van der Waals surface area contributed by atoms with Gasteiger partial charge in [-0.2, -0.15) is 0 Å². The number of nitrogens with one attached hydrogen (secondary N) is 2. The Morgan fingerprint density at radius 3 is 3.00 bits per heavy atom. The van der Waals surface area contributed by atoms with E-state index in [4.69, 9.17) is 0 Å². The number of aromatic nitrogens is 1. The van der Waals surface area contributed by atoms with E-state index in [9.17, 15) is 4.79 Å². The molecule has 2 aliphatic rings. The maximum Gasteiger partial charge on any atom is 0.240 e. The lowest BCUT2D eigenvalue weighted by Crippen LogP contribution is -2.47. The van der Waals surface area contributed by atoms with Crippen LogP contribution in [0.3, 0.4) is 0 Å². The SMILES string of the molecule is O=C1NCCC12CCC(c1ccccn1)N2. The molecule has 1 aromatic heterocycles. The predicted molar refractivity (Wildman–Crippen MR) is 59.7 cm³/mol. The summed E-state index contributed by atoms with van der Waals surface area (Å²) in [5.74, 6) is 0.158. The Kier molecular flexibility index (Phi) is 2.17. The smallest absolute Gasteiger partial charge is 0.240 e. The Morgan fingerprint density at radius 1 is 1.38 bits per heavy atom. The quantitative estimate of drug-likeness (QED) is 0.730. The standard InChI is InChI=1S/C12H15N3O/c16-11-12(6-8-14-11)5-4-10(15-12)9-3-1-2-7-13-9/h1-3,7,10,15H,4-6,8H2,(H,14,16). The van der Waals surface area contributed by atoms with Crippen LogP contribution in [-0.4, -0.2) is 23.0 Å². The molecule has 0 aliphatic carbocycles. The minimum atomic E-state index is -0.317. The van der Waals surface area contributed by atoms with Crippen LogP contribution in [0.4, 0.5) is 0 Å². The number of hydrogen-bond acceptors (Lipinski definition) is 3. The monoisotopic (exact) mass is 217 g/mol. The Hall–Kier alpha value is -1.42. The van der Waals surface area contributed by atoms with Crippen molar-refractivity contribution in [3.63, 3.8) is 0 Å². The molecule has 2 N–H and O–H groups in total. The van der Waals surface area contributed by atoms with Gasteiger partial charge in [-0.1, -0.05) is 6.07 Å². The van der Waals surface area contributed by atoms with Crippen LogP contribution < -0.4 is 10.6 Å². The fraction of sp³-hybridized carbons (Fsp3) is 0.500. The van der Waals surface area contributed by atoms with Gasteiger partial charge in [0.2, 0.25) is 5.91 Å². The van der Waals surface area contributed by atoms with Crippen LogP contribution in [0.15, 0.2) is 24.4 Å². The van der Waals surface area contributed by atoms with Crippen molar-refractivity contribution in [2.24, 2.45) is 0 Å². The van der Waals surface area contributed by atoms with Crippen molar-refractivity contribution in [3.8, 4) is 0 Å². The minimum Gasteiger partial charge on any atom is -0.354 e. The van der Waals surface area contributed by atoms with Crippen molar-refractivity contribution >= 4 is 5.91 Å². The zero-order chi connectivity index (χ0) is 11.0. The third kappa shape index (κ3) is 1.41. The summed E-state index contributed by atoms with van der Waals surface area (Å²) in [7, 11) is 0. The Balaban J connectivity index is 1.81. The highest BCUT2D eigenvalue weighted by atomic mass is 16.2.